The van der Waals surface area contributed by atoms with Crippen molar-refractivity contribution in [2.45, 2.75) is 107 Å². The molecule has 4 rings (SSSR count). The predicted molar refractivity (Wildman–Crippen MR) is 198 cm³/mol. The molecule has 0 radical (unpaired) electrons. The van der Waals surface area contributed by atoms with Crippen molar-refractivity contribution in [1.29, 1.82) is 0 Å². The molecule has 4 aromatic rings. The molecule has 4 aromatic carbocycles. The van der Waals surface area contributed by atoms with E-state index in [4.69, 9.17) is 0 Å². The lowest BCUT2D eigenvalue weighted by Gasteiger charge is -2.48. The maximum Gasteiger partial charge on any atom is -0.00971 e. The largest absolute Gasteiger partial charge is 0.0654 e. The van der Waals surface area contributed by atoms with E-state index in [0.29, 0.717) is 11.3 Å². The van der Waals surface area contributed by atoms with Gasteiger partial charge < -0.3 is 0 Å². The third-order valence-electron chi connectivity index (χ3n) is 9.41. The molecule has 0 saturated heterocycles. The van der Waals surface area contributed by atoms with Crippen molar-refractivity contribution in [1.82, 2.24) is 0 Å². The van der Waals surface area contributed by atoms with Crippen molar-refractivity contribution < 1.29 is 0 Å². The number of hydrogen-bond acceptors (Lipinski definition) is 0. The number of hydrogen-bond donors (Lipinski definition) is 0. The second-order valence-electron chi connectivity index (χ2n) is 13.7. The highest BCUT2D eigenvalue weighted by Gasteiger charge is 2.44. The molecule has 0 heterocycles. The van der Waals surface area contributed by atoms with Crippen molar-refractivity contribution >= 4 is 37.1 Å². The highest BCUT2D eigenvalue weighted by molar-refractivity contribution is 7.74. The zero-order chi connectivity index (χ0) is 31.6. The molecule has 0 bridgehead atoms. The summed E-state index contributed by atoms with van der Waals surface area (Å²) in [6.45, 7) is 28.4. The fourth-order valence-corrected chi connectivity index (χ4v) is 14.6. The number of aryl methyl sites for hydroxylation is 8. The Hall–Kier alpha value is -2.26. The molecule has 0 aliphatic heterocycles. The molecule has 2 atom stereocenters. The molecule has 228 valence electrons. The van der Waals surface area contributed by atoms with Gasteiger partial charge in [-0.2, -0.15) is 0 Å². The van der Waals surface area contributed by atoms with Gasteiger partial charge in [-0.25, -0.2) is 0 Å². The first-order valence-corrected chi connectivity index (χ1v) is 19.0. The molecule has 0 aromatic heterocycles. The van der Waals surface area contributed by atoms with Gasteiger partial charge in [0.1, 0.15) is 0 Å². The summed E-state index contributed by atoms with van der Waals surface area (Å²) in [7, 11) is -1.17. The minimum atomic E-state index is -0.586. The van der Waals surface area contributed by atoms with E-state index < -0.39 is 15.8 Å². The summed E-state index contributed by atoms with van der Waals surface area (Å²) in [6, 6.07) is 29.2. The Labute approximate surface area is 266 Å². The fourth-order valence-electron chi connectivity index (χ4n) is 7.45. The minimum absolute atomic E-state index is 0.136. The smallest absolute Gasteiger partial charge is 0.00971 e. The van der Waals surface area contributed by atoms with Crippen LogP contribution in [0.2, 0.25) is 0 Å². The molecule has 0 fully saturated rings. The Balaban J connectivity index is 1.96. The molecule has 0 aliphatic carbocycles. The first kappa shape index (κ1) is 33.6. The molecule has 0 amide bonds. The Bertz CT molecular complexity index is 1280. The molecular weight excluding hydrogens is 554 g/mol. The number of benzene rings is 4. The second-order valence-corrected chi connectivity index (χ2v) is 18.8. The van der Waals surface area contributed by atoms with E-state index in [1.165, 1.54) is 78.6 Å². The quantitative estimate of drug-likeness (QED) is 0.157. The van der Waals surface area contributed by atoms with Crippen LogP contribution in [0.15, 0.2) is 72.8 Å². The third kappa shape index (κ3) is 7.70. The van der Waals surface area contributed by atoms with Crippen LogP contribution in [-0.2, 0) is 0 Å². The minimum Gasteiger partial charge on any atom is -0.0654 e. The zero-order valence-corrected chi connectivity index (χ0v) is 30.7. The molecule has 0 spiro atoms. The van der Waals surface area contributed by atoms with Gasteiger partial charge in [-0.05, 0) is 116 Å². The first-order chi connectivity index (χ1) is 20.2. The summed E-state index contributed by atoms with van der Waals surface area (Å²) in [6.07, 6.45) is 2.41. The van der Waals surface area contributed by atoms with Crippen LogP contribution in [0.4, 0.5) is 0 Å². The Morgan fingerprint density at radius 1 is 0.442 bits per heavy atom. The maximum absolute atomic E-state index is 2.65. The normalized spacial score (nSPS) is 14.7. The maximum atomic E-state index is 2.65. The summed E-state index contributed by atoms with van der Waals surface area (Å²) in [5.74, 6) is 0. The Morgan fingerprint density at radius 3 is 0.837 bits per heavy atom. The van der Waals surface area contributed by atoms with Gasteiger partial charge in [0.05, 0.1) is 0 Å². The summed E-state index contributed by atoms with van der Waals surface area (Å²) in [5, 5.41) is 6.12. The summed E-state index contributed by atoms with van der Waals surface area (Å²) >= 11 is 0. The third-order valence-corrected chi connectivity index (χ3v) is 15.4. The average molecular weight is 609 g/mol. The standard InChI is InChI=1S/C41H54P2/c1-13-14-41(12,35(10)42(37-19-27(2)15-28(3)20-37)38-21-29(4)16-30(5)22-38)36(11)43(39-23-31(6)17-32(7)24-39)40-25-33(8)18-34(9)26-40/h15-26,35-36H,13-14H2,1-12H3. The van der Waals surface area contributed by atoms with Gasteiger partial charge in [0.15, 0.2) is 0 Å². The van der Waals surface area contributed by atoms with Gasteiger partial charge in [0.25, 0.3) is 0 Å². The highest BCUT2D eigenvalue weighted by atomic mass is 31.1. The SMILES string of the molecule is CCCC(C)(C(C)P(c1cc(C)cc(C)c1)c1cc(C)cc(C)c1)C(C)P(c1cc(C)cc(C)c1)c1cc(C)cc(C)c1. The fraction of sp³-hybridized carbons (Fsp3) is 0.415. The summed E-state index contributed by atoms with van der Waals surface area (Å²) in [5.41, 5.74) is 12.1. The van der Waals surface area contributed by atoms with Crippen LogP contribution in [-0.4, -0.2) is 11.3 Å². The van der Waals surface area contributed by atoms with Crippen LogP contribution >= 0.6 is 15.8 Å². The van der Waals surface area contributed by atoms with Crippen molar-refractivity contribution in [2.75, 3.05) is 0 Å². The highest BCUT2D eigenvalue weighted by Crippen LogP contribution is 2.58. The molecule has 0 N–H and O–H groups in total. The molecule has 0 saturated carbocycles. The number of rotatable bonds is 10. The lowest BCUT2D eigenvalue weighted by atomic mass is 9.79. The summed E-state index contributed by atoms with van der Waals surface area (Å²) < 4.78 is 0. The topological polar surface area (TPSA) is 0 Å². The van der Waals surface area contributed by atoms with Crippen molar-refractivity contribution in [2.24, 2.45) is 5.41 Å². The van der Waals surface area contributed by atoms with Crippen LogP contribution in [0.5, 0.6) is 0 Å². The second kappa shape index (κ2) is 13.8. The molecular formula is C41H54P2. The van der Waals surface area contributed by atoms with Crippen LogP contribution in [0, 0.1) is 60.8 Å². The van der Waals surface area contributed by atoms with Gasteiger partial charge in [-0.3, -0.25) is 0 Å². The van der Waals surface area contributed by atoms with Gasteiger partial charge in [-0.1, -0.05) is 151 Å². The summed E-state index contributed by atoms with van der Waals surface area (Å²) in [4.78, 5) is 0. The monoisotopic (exact) mass is 608 g/mol. The van der Waals surface area contributed by atoms with Crippen LogP contribution < -0.4 is 21.2 Å². The molecule has 0 aliphatic rings. The van der Waals surface area contributed by atoms with E-state index in [-0.39, 0.29) is 5.41 Å². The molecule has 2 heteroatoms. The zero-order valence-electron chi connectivity index (χ0n) is 28.9. The van der Waals surface area contributed by atoms with Gasteiger partial charge in [0.2, 0.25) is 0 Å². The molecule has 43 heavy (non-hydrogen) atoms. The van der Waals surface area contributed by atoms with E-state index in [9.17, 15) is 0 Å². The predicted octanol–water partition coefficient (Wildman–Crippen LogP) is 10.3. The lowest BCUT2D eigenvalue weighted by molar-refractivity contribution is 0.286. The first-order valence-electron chi connectivity index (χ1n) is 16.1. The molecule has 0 nitrogen and oxygen atoms in total. The molecule has 2 unspecified atom stereocenters. The van der Waals surface area contributed by atoms with Crippen LogP contribution in [0.1, 0.15) is 85.0 Å². The average Bonchev–Trinajstić information content (AvgIpc) is 2.86. The van der Waals surface area contributed by atoms with E-state index >= 15 is 0 Å². The van der Waals surface area contributed by atoms with Crippen molar-refractivity contribution in [3.8, 4) is 0 Å². The lowest BCUT2D eigenvalue weighted by Crippen LogP contribution is -2.43. The van der Waals surface area contributed by atoms with Crippen LogP contribution in [0.25, 0.3) is 0 Å². The van der Waals surface area contributed by atoms with Crippen molar-refractivity contribution in [3.63, 3.8) is 0 Å². The van der Waals surface area contributed by atoms with Gasteiger partial charge in [0, 0.05) is 0 Å². The van der Waals surface area contributed by atoms with Crippen LogP contribution in [0.3, 0.4) is 0 Å². The van der Waals surface area contributed by atoms with E-state index in [2.05, 4.69) is 156 Å². The van der Waals surface area contributed by atoms with Crippen molar-refractivity contribution in [3.05, 3.63) is 117 Å². The van der Waals surface area contributed by atoms with Gasteiger partial charge >= 0.3 is 0 Å². The Morgan fingerprint density at radius 2 is 0.651 bits per heavy atom. The van der Waals surface area contributed by atoms with E-state index in [1.54, 1.807) is 0 Å². The van der Waals surface area contributed by atoms with E-state index in [1.807, 2.05) is 0 Å². The Kier molecular flexibility index (Phi) is 10.8. The van der Waals surface area contributed by atoms with E-state index in [0.717, 1.165) is 0 Å². The van der Waals surface area contributed by atoms with Gasteiger partial charge in [-0.15, -0.1) is 0 Å².